The van der Waals surface area contributed by atoms with Crippen LogP contribution in [0.3, 0.4) is 0 Å². The number of benzene rings is 1. The Balaban J connectivity index is 2.68. The fourth-order valence-electron chi connectivity index (χ4n) is 1.57. The lowest BCUT2D eigenvalue weighted by Gasteiger charge is -2.17. The van der Waals surface area contributed by atoms with Crippen molar-refractivity contribution in [2.75, 3.05) is 0 Å². The molecule has 0 amide bonds. The molecular weight excluding hydrogens is 190 g/mol. The van der Waals surface area contributed by atoms with Crippen LogP contribution in [0.2, 0.25) is 0 Å². The summed E-state index contributed by atoms with van der Waals surface area (Å²) in [4.78, 5) is 0. The van der Waals surface area contributed by atoms with E-state index in [1.54, 1.807) is 32.0 Å². The first-order valence-electron chi connectivity index (χ1n) is 4.83. The van der Waals surface area contributed by atoms with Crippen LogP contribution in [0.1, 0.15) is 19.4 Å². The Bertz CT molecular complexity index is 500. The van der Waals surface area contributed by atoms with Gasteiger partial charge in [0.15, 0.2) is 6.20 Å². The van der Waals surface area contributed by atoms with Crippen LogP contribution in [-0.2, 0) is 5.60 Å². The van der Waals surface area contributed by atoms with Gasteiger partial charge in [-0.15, -0.1) is 0 Å². The number of aliphatic hydroxyl groups is 1. The number of pyridine rings is 1. The fourth-order valence-corrected chi connectivity index (χ4v) is 1.57. The molecule has 0 spiro atoms. The zero-order valence-electron chi connectivity index (χ0n) is 8.77. The number of hydrogen-bond acceptors (Lipinski definition) is 2. The van der Waals surface area contributed by atoms with Crippen LogP contribution in [0.5, 0.6) is 0 Å². The second-order valence-electron chi connectivity index (χ2n) is 4.17. The molecule has 3 heteroatoms. The Morgan fingerprint density at radius 1 is 1.27 bits per heavy atom. The van der Waals surface area contributed by atoms with Crippen LogP contribution in [0.15, 0.2) is 36.5 Å². The lowest BCUT2D eigenvalue weighted by molar-refractivity contribution is -0.577. The van der Waals surface area contributed by atoms with Crippen LogP contribution in [0.25, 0.3) is 10.9 Å². The number of hydrogen-bond donors (Lipinski definition) is 1. The molecule has 0 radical (unpaired) electrons. The third-order valence-corrected chi connectivity index (χ3v) is 2.47. The number of rotatable bonds is 1. The van der Waals surface area contributed by atoms with Crippen LogP contribution in [0.4, 0.5) is 0 Å². The first-order chi connectivity index (χ1) is 6.98. The molecule has 3 nitrogen and oxygen atoms in total. The minimum Gasteiger partial charge on any atom is -0.618 e. The molecule has 15 heavy (non-hydrogen) atoms. The van der Waals surface area contributed by atoms with E-state index >= 15 is 0 Å². The van der Waals surface area contributed by atoms with Crippen molar-refractivity contribution >= 4 is 10.9 Å². The Morgan fingerprint density at radius 2 is 2.00 bits per heavy atom. The Labute approximate surface area is 88.2 Å². The molecule has 0 fully saturated rings. The molecule has 0 aliphatic rings. The predicted octanol–water partition coefficient (Wildman–Crippen LogP) is 1.70. The average molecular weight is 203 g/mol. The molecule has 0 aliphatic heterocycles. The Kier molecular flexibility index (Phi) is 2.12. The minimum absolute atomic E-state index is 0.616. The highest BCUT2D eigenvalue weighted by Gasteiger charge is 2.17. The highest BCUT2D eigenvalue weighted by atomic mass is 16.5. The quantitative estimate of drug-likeness (QED) is 0.566. The smallest absolute Gasteiger partial charge is 0.223 e. The highest BCUT2D eigenvalue weighted by molar-refractivity contribution is 5.76. The van der Waals surface area contributed by atoms with Crippen molar-refractivity contribution in [3.8, 4) is 0 Å². The van der Waals surface area contributed by atoms with E-state index in [0.717, 1.165) is 15.7 Å². The maximum atomic E-state index is 11.4. The summed E-state index contributed by atoms with van der Waals surface area (Å²) in [5.74, 6) is 0. The predicted molar refractivity (Wildman–Crippen MR) is 58.2 cm³/mol. The van der Waals surface area contributed by atoms with Gasteiger partial charge in [-0.2, -0.15) is 4.73 Å². The summed E-state index contributed by atoms with van der Waals surface area (Å²) < 4.78 is 0.823. The van der Waals surface area contributed by atoms with Crippen molar-refractivity contribution in [3.63, 3.8) is 0 Å². The van der Waals surface area contributed by atoms with Gasteiger partial charge < -0.3 is 10.3 Å². The molecule has 0 atom stereocenters. The summed E-state index contributed by atoms with van der Waals surface area (Å²) in [5, 5.41) is 22.1. The van der Waals surface area contributed by atoms with E-state index in [4.69, 9.17) is 0 Å². The molecular formula is C12H13NO2. The van der Waals surface area contributed by atoms with Gasteiger partial charge in [0.05, 0.1) is 5.60 Å². The summed E-state index contributed by atoms with van der Waals surface area (Å²) in [5.41, 5.74) is 0.546. The van der Waals surface area contributed by atoms with Crippen molar-refractivity contribution in [1.82, 2.24) is 0 Å². The van der Waals surface area contributed by atoms with Crippen molar-refractivity contribution in [2.24, 2.45) is 0 Å². The summed E-state index contributed by atoms with van der Waals surface area (Å²) >= 11 is 0. The molecule has 2 aromatic rings. The average Bonchev–Trinajstić information content (AvgIpc) is 2.16. The molecule has 0 saturated carbocycles. The first-order valence-corrected chi connectivity index (χ1v) is 4.83. The van der Waals surface area contributed by atoms with Crippen molar-refractivity contribution in [3.05, 3.63) is 47.3 Å². The second-order valence-corrected chi connectivity index (χ2v) is 4.17. The van der Waals surface area contributed by atoms with E-state index in [2.05, 4.69) is 0 Å². The van der Waals surface area contributed by atoms with Gasteiger partial charge in [-0.25, -0.2) is 0 Å². The molecule has 0 bridgehead atoms. The highest BCUT2D eigenvalue weighted by Crippen LogP contribution is 2.22. The van der Waals surface area contributed by atoms with Gasteiger partial charge in [0.1, 0.15) is 0 Å². The van der Waals surface area contributed by atoms with Gasteiger partial charge in [-0.3, -0.25) is 0 Å². The van der Waals surface area contributed by atoms with E-state index in [1.165, 1.54) is 6.20 Å². The summed E-state index contributed by atoms with van der Waals surface area (Å²) in [6.45, 7) is 3.45. The maximum Gasteiger partial charge on any atom is 0.223 e. The van der Waals surface area contributed by atoms with Crippen molar-refractivity contribution < 1.29 is 9.84 Å². The monoisotopic (exact) mass is 203 g/mol. The Morgan fingerprint density at radius 3 is 2.67 bits per heavy atom. The van der Waals surface area contributed by atoms with Crippen LogP contribution >= 0.6 is 0 Å². The topological polar surface area (TPSA) is 47.2 Å². The van der Waals surface area contributed by atoms with Gasteiger partial charge in [-0.1, -0.05) is 0 Å². The molecule has 1 N–H and O–H groups in total. The van der Waals surface area contributed by atoms with Crippen LogP contribution in [-0.4, -0.2) is 5.11 Å². The molecule has 2 rings (SSSR count). The van der Waals surface area contributed by atoms with Crippen LogP contribution in [0, 0.1) is 5.21 Å². The fraction of sp³-hybridized carbons (Fsp3) is 0.250. The van der Waals surface area contributed by atoms with Crippen LogP contribution < -0.4 is 4.73 Å². The molecule has 78 valence electrons. The third-order valence-electron chi connectivity index (χ3n) is 2.47. The van der Waals surface area contributed by atoms with E-state index in [0.29, 0.717) is 5.52 Å². The largest absolute Gasteiger partial charge is 0.618 e. The molecule has 0 unspecified atom stereocenters. The first kappa shape index (κ1) is 9.93. The van der Waals surface area contributed by atoms with Gasteiger partial charge in [0, 0.05) is 17.5 Å². The lowest BCUT2D eigenvalue weighted by Crippen LogP contribution is -2.26. The SMILES string of the molecule is CC(C)(O)c1ccc2c(ccc[n+]2[O-])c1. The van der Waals surface area contributed by atoms with Crippen molar-refractivity contribution in [1.29, 1.82) is 0 Å². The Hall–Kier alpha value is -1.61. The molecule has 0 saturated heterocycles. The van der Waals surface area contributed by atoms with Gasteiger partial charge in [-0.05, 0) is 37.6 Å². The maximum absolute atomic E-state index is 11.4. The normalized spacial score (nSPS) is 11.9. The van der Waals surface area contributed by atoms with E-state index in [1.807, 2.05) is 12.1 Å². The van der Waals surface area contributed by atoms with Gasteiger partial charge >= 0.3 is 0 Å². The molecule has 0 aliphatic carbocycles. The summed E-state index contributed by atoms with van der Waals surface area (Å²) in [7, 11) is 0. The minimum atomic E-state index is -0.877. The standard InChI is InChI=1S/C12H13NO2/c1-12(2,14)10-5-6-11-9(8-10)4-3-7-13(11)15/h3-8,14H,1-2H3. The van der Waals surface area contributed by atoms with Gasteiger partial charge in [0.2, 0.25) is 5.52 Å². The zero-order valence-corrected chi connectivity index (χ0v) is 8.77. The number of nitrogens with zero attached hydrogens (tertiary/aromatic N) is 1. The van der Waals surface area contributed by atoms with E-state index in [9.17, 15) is 10.3 Å². The van der Waals surface area contributed by atoms with Gasteiger partial charge in [0.25, 0.3) is 0 Å². The summed E-state index contributed by atoms with van der Waals surface area (Å²) in [6.07, 6.45) is 1.46. The second kappa shape index (κ2) is 3.21. The zero-order chi connectivity index (χ0) is 11.1. The molecule has 1 heterocycles. The number of aromatic nitrogens is 1. The summed E-state index contributed by atoms with van der Waals surface area (Å²) in [6, 6.07) is 8.90. The van der Waals surface area contributed by atoms with Crippen molar-refractivity contribution in [2.45, 2.75) is 19.4 Å². The third kappa shape index (κ3) is 1.78. The van der Waals surface area contributed by atoms with E-state index in [-0.39, 0.29) is 0 Å². The van der Waals surface area contributed by atoms with E-state index < -0.39 is 5.60 Å². The molecule has 1 aromatic carbocycles. The molecule has 1 aromatic heterocycles. The number of fused-ring (bicyclic) bond motifs is 1. The lowest BCUT2D eigenvalue weighted by atomic mass is 9.97.